The standard InChI is InChI=1S/C9H16O/c1-3-5-7-9(8-10)6-4-2/h4,6,8-9H,3,5,7H2,1-2H3/b6-4+. The van der Waals surface area contributed by atoms with Crippen LogP contribution in [0.1, 0.15) is 33.1 Å². The smallest absolute Gasteiger partial charge is 0.126 e. The fourth-order valence-electron chi connectivity index (χ4n) is 0.897. The van der Waals surface area contributed by atoms with Crippen molar-refractivity contribution in [3.63, 3.8) is 0 Å². The Bertz CT molecular complexity index is 105. The van der Waals surface area contributed by atoms with E-state index in [0.717, 1.165) is 19.1 Å². The van der Waals surface area contributed by atoms with E-state index in [-0.39, 0.29) is 5.92 Å². The molecule has 0 aliphatic rings. The Kier molecular flexibility index (Phi) is 6.14. The summed E-state index contributed by atoms with van der Waals surface area (Å²) in [5.74, 6) is 0.157. The van der Waals surface area contributed by atoms with Crippen LogP contribution in [0, 0.1) is 5.92 Å². The Morgan fingerprint density at radius 2 is 2.20 bits per heavy atom. The molecule has 1 nitrogen and oxygen atoms in total. The molecule has 0 spiro atoms. The summed E-state index contributed by atoms with van der Waals surface area (Å²) in [5.41, 5.74) is 0. The van der Waals surface area contributed by atoms with Gasteiger partial charge in [0.05, 0.1) is 0 Å². The molecule has 0 fully saturated rings. The second-order valence-corrected chi connectivity index (χ2v) is 2.47. The minimum atomic E-state index is 0.157. The SMILES string of the molecule is C/C=C/C(C=O)CCCC. The number of carbonyl (C=O) groups excluding carboxylic acids is 1. The van der Waals surface area contributed by atoms with E-state index in [0.29, 0.717) is 0 Å². The monoisotopic (exact) mass is 140 g/mol. The molecule has 0 aliphatic heterocycles. The number of rotatable bonds is 5. The molecule has 1 heteroatoms. The number of allylic oxidation sites excluding steroid dienone is 2. The van der Waals surface area contributed by atoms with Gasteiger partial charge in [-0.05, 0) is 13.3 Å². The highest BCUT2D eigenvalue weighted by Gasteiger charge is 1.99. The van der Waals surface area contributed by atoms with Crippen LogP contribution in [0.3, 0.4) is 0 Å². The van der Waals surface area contributed by atoms with Gasteiger partial charge in [-0.2, -0.15) is 0 Å². The first kappa shape index (κ1) is 9.41. The third-order valence-corrected chi connectivity index (χ3v) is 1.51. The zero-order chi connectivity index (χ0) is 7.82. The highest BCUT2D eigenvalue weighted by atomic mass is 16.1. The molecule has 0 saturated carbocycles. The van der Waals surface area contributed by atoms with Crippen molar-refractivity contribution in [2.45, 2.75) is 33.1 Å². The maximum absolute atomic E-state index is 10.3. The Balaban J connectivity index is 3.49. The lowest BCUT2D eigenvalue weighted by Crippen LogP contribution is -1.96. The molecule has 0 aromatic carbocycles. The average Bonchev–Trinajstić information content (AvgIpc) is 1.98. The highest BCUT2D eigenvalue weighted by Crippen LogP contribution is 2.06. The molecule has 0 saturated heterocycles. The van der Waals surface area contributed by atoms with Crippen LogP contribution in [0.25, 0.3) is 0 Å². The van der Waals surface area contributed by atoms with Gasteiger partial charge >= 0.3 is 0 Å². The van der Waals surface area contributed by atoms with E-state index in [1.165, 1.54) is 6.42 Å². The minimum absolute atomic E-state index is 0.157. The molecular weight excluding hydrogens is 124 g/mol. The van der Waals surface area contributed by atoms with E-state index in [1.54, 1.807) is 0 Å². The predicted molar refractivity (Wildman–Crippen MR) is 43.9 cm³/mol. The fraction of sp³-hybridized carbons (Fsp3) is 0.667. The lowest BCUT2D eigenvalue weighted by molar-refractivity contribution is -0.110. The summed E-state index contributed by atoms with van der Waals surface area (Å²) in [5, 5.41) is 0. The van der Waals surface area contributed by atoms with Crippen molar-refractivity contribution < 1.29 is 4.79 Å². The van der Waals surface area contributed by atoms with Gasteiger partial charge in [-0.15, -0.1) is 0 Å². The van der Waals surface area contributed by atoms with Crippen LogP contribution in [0.4, 0.5) is 0 Å². The van der Waals surface area contributed by atoms with Gasteiger partial charge in [0.2, 0.25) is 0 Å². The number of carbonyl (C=O) groups is 1. The summed E-state index contributed by atoms with van der Waals surface area (Å²) < 4.78 is 0. The van der Waals surface area contributed by atoms with Crippen molar-refractivity contribution in [1.29, 1.82) is 0 Å². The third-order valence-electron chi connectivity index (χ3n) is 1.51. The molecule has 0 aromatic heterocycles. The van der Waals surface area contributed by atoms with Crippen molar-refractivity contribution in [1.82, 2.24) is 0 Å². The fourth-order valence-corrected chi connectivity index (χ4v) is 0.897. The summed E-state index contributed by atoms with van der Waals surface area (Å²) in [7, 11) is 0. The van der Waals surface area contributed by atoms with Crippen molar-refractivity contribution in [2.75, 3.05) is 0 Å². The normalized spacial score (nSPS) is 13.8. The van der Waals surface area contributed by atoms with E-state index in [9.17, 15) is 4.79 Å². The highest BCUT2D eigenvalue weighted by molar-refractivity contribution is 5.56. The number of hydrogen-bond donors (Lipinski definition) is 0. The predicted octanol–water partition coefficient (Wildman–Crippen LogP) is 2.57. The van der Waals surface area contributed by atoms with Crippen LogP contribution >= 0.6 is 0 Å². The van der Waals surface area contributed by atoms with Gasteiger partial charge in [-0.25, -0.2) is 0 Å². The largest absolute Gasteiger partial charge is 0.303 e. The van der Waals surface area contributed by atoms with Crippen LogP contribution in [0.2, 0.25) is 0 Å². The maximum atomic E-state index is 10.3. The van der Waals surface area contributed by atoms with E-state index in [2.05, 4.69) is 6.92 Å². The summed E-state index contributed by atoms with van der Waals surface area (Å²) >= 11 is 0. The second kappa shape index (κ2) is 6.53. The van der Waals surface area contributed by atoms with Crippen LogP contribution < -0.4 is 0 Å². The molecular formula is C9H16O. The molecule has 0 bridgehead atoms. The molecule has 0 heterocycles. The zero-order valence-corrected chi connectivity index (χ0v) is 6.84. The molecule has 0 aliphatic carbocycles. The quantitative estimate of drug-likeness (QED) is 0.423. The van der Waals surface area contributed by atoms with Gasteiger partial charge < -0.3 is 4.79 Å². The van der Waals surface area contributed by atoms with E-state index < -0.39 is 0 Å². The van der Waals surface area contributed by atoms with Gasteiger partial charge in [-0.1, -0.05) is 31.9 Å². The molecule has 1 unspecified atom stereocenters. The van der Waals surface area contributed by atoms with E-state index in [1.807, 2.05) is 19.1 Å². The Morgan fingerprint density at radius 1 is 1.50 bits per heavy atom. The topological polar surface area (TPSA) is 17.1 Å². The van der Waals surface area contributed by atoms with Crippen molar-refractivity contribution in [3.8, 4) is 0 Å². The maximum Gasteiger partial charge on any atom is 0.126 e. The minimum Gasteiger partial charge on any atom is -0.303 e. The first-order valence-electron chi connectivity index (χ1n) is 3.93. The molecule has 0 aromatic rings. The van der Waals surface area contributed by atoms with Gasteiger partial charge in [0.15, 0.2) is 0 Å². The Morgan fingerprint density at radius 3 is 2.60 bits per heavy atom. The van der Waals surface area contributed by atoms with Crippen LogP contribution in [0.5, 0.6) is 0 Å². The van der Waals surface area contributed by atoms with Crippen molar-refractivity contribution >= 4 is 6.29 Å². The number of unbranched alkanes of at least 4 members (excludes halogenated alkanes) is 1. The van der Waals surface area contributed by atoms with Gasteiger partial charge in [0, 0.05) is 5.92 Å². The first-order chi connectivity index (χ1) is 4.85. The van der Waals surface area contributed by atoms with Crippen LogP contribution in [0.15, 0.2) is 12.2 Å². The molecule has 1 atom stereocenters. The summed E-state index contributed by atoms with van der Waals surface area (Å²) in [6, 6.07) is 0. The molecule has 0 amide bonds. The zero-order valence-electron chi connectivity index (χ0n) is 6.84. The summed E-state index contributed by atoms with van der Waals surface area (Å²) in [4.78, 5) is 10.3. The van der Waals surface area contributed by atoms with Gasteiger partial charge in [0.1, 0.15) is 6.29 Å². The van der Waals surface area contributed by atoms with Crippen LogP contribution in [-0.4, -0.2) is 6.29 Å². The molecule has 58 valence electrons. The average molecular weight is 140 g/mol. The lowest BCUT2D eigenvalue weighted by Gasteiger charge is -2.00. The van der Waals surface area contributed by atoms with Crippen LogP contribution in [-0.2, 0) is 4.79 Å². The van der Waals surface area contributed by atoms with Crippen molar-refractivity contribution in [2.24, 2.45) is 5.92 Å². The number of aldehydes is 1. The second-order valence-electron chi connectivity index (χ2n) is 2.47. The Hall–Kier alpha value is -0.590. The summed E-state index contributed by atoms with van der Waals surface area (Å²) in [6.45, 7) is 4.08. The van der Waals surface area contributed by atoms with E-state index >= 15 is 0 Å². The molecule has 0 radical (unpaired) electrons. The van der Waals surface area contributed by atoms with Gasteiger partial charge in [-0.3, -0.25) is 0 Å². The lowest BCUT2D eigenvalue weighted by atomic mass is 10.0. The van der Waals surface area contributed by atoms with E-state index in [4.69, 9.17) is 0 Å². The summed E-state index contributed by atoms with van der Waals surface area (Å²) in [6.07, 6.45) is 8.24. The Labute approximate surface area is 63.1 Å². The molecule has 0 N–H and O–H groups in total. The third kappa shape index (κ3) is 4.30. The van der Waals surface area contributed by atoms with Crippen molar-refractivity contribution in [3.05, 3.63) is 12.2 Å². The van der Waals surface area contributed by atoms with Gasteiger partial charge in [0.25, 0.3) is 0 Å². The number of hydrogen-bond acceptors (Lipinski definition) is 1. The molecule has 10 heavy (non-hydrogen) atoms. The molecule has 0 rings (SSSR count). The first-order valence-corrected chi connectivity index (χ1v) is 3.93.